The van der Waals surface area contributed by atoms with Gasteiger partial charge in [-0.25, -0.2) is 13.1 Å². The van der Waals surface area contributed by atoms with Gasteiger partial charge in [0.1, 0.15) is 0 Å². The largest absolute Gasteiger partial charge is 0.314 e. The molecule has 0 radical (unpaired) electrons. The molecular weight excluding hydrogens is 272 g/mol. The molecule has 1 heterocycles. The van der Waals surface area contributed by atoms with E-state index in [0.29, 0.717) is 6.04 Å². The molecule has 0 spiro atoms. The first kappa shape index (κ1) is 16.2. The zero-order valence-corrected chi connectivity index (χ0v) is 13.8. The minimum absolute atomic E-state index is 0.142. The molecule has 2 atom stereocenters. The van der Waals surface area contributed by atoms with Gasteiger partial charge in [-0.3, -0.25) is 0 Å². The standard InChI is InChI=1S/C15H30N2O2S/c1-15(2)9-5-7-14(12-15)17-20(18,19)11-8-13-6-3-4-10-16-13/h13-14,16-17H,3-12H2,1-2H3. The normalized spacial score (nSPS) is 31.1. The highest BCUT2D eigenvalue weighted by Gasteiger charge is 2.30. The summed E-state index contributed by atoms with van der Waals surface area (Å²) in [5.41, 5.74) is 0.274. The molecule has 0 bridgehead atoms. The summed E-state index contributed by atoms with van der Waals surface area (Å²) in [6.07, 6.45) is 8.60. The summed E-state index contributed by atoms with van der Waals surface area (Å²) in [5.74, 6) is 0.265. The molecule has 0 amide bonds. The highest BCUT2D eigenvalue weighted by molar-refractivity contribution is 7.89. The maximum atomic E-state index is 12.2. The Balaban J connectivity index is 1.78. The van der Waals surface area contributed by atoms with Crippen molar-refractivity contribution in [3.05, 3.63) is 0 Å². The number of rotatable bonds is 5. The molecule has 5 heteroatoms. The molecule has 1 saturated carbocycles. The topological polar surface area (TPSA) is 58.2 Å². The summed E-state index contributed by atoms with van der Waals surface area (Å²) in [6.45, 7) is 5.51. The van der Waals surface area contributed by atoms with Crippen LogP contribution in [0, 0.1) is 5.41 Å². The van der Waals surface area contributed by atoms with E-state index in [4.69, 9.17) is 0 Å². The molecule has 0 aromatic heterocycles. The maximum absolute atomic E-state index is 12.2. The van der Waals surface area contributed by atoms with Crippen molar-refractivity contribution in [2.75, 3.05) is 12.3 Å². The van der Waals surface area contributed by atoms with E-state index in [0.717, 1.165) is 38.6 Å². The Labute approximate surface area is 124 Å². The van der Waals surface area contributed by atoms with Gasteiger partial charge in [-0.2, -0.15) is 0 Å². The Morgan fingerprint density at radius 1 is 1.20 bits per heavy atom. The molecule has 1 saturated heterocycles. The van der Waals surface area contributed by atoms with Gasteiger partial charge >= 0.3 is 0 Å². The van der Waals surface area contributed by atoms with Crippen LogP contribution in [-0.4, -0.2) is 32.8 Å². The second-order valence-corrected chi connectivity index (χ2v) is 9.20. The Hall–Kier alpha value is -0.130. The van der Waals surface area contributed by atoms with Crippen LogP contribution in [-0.2, 0) is 10.0 Å². The van der Waals surface area contributed by atoms with Gasteiger partial charge in [0, 0.05) is 12.1 Å². The number of nitrogens with one attached hydrogen (secondary N) is 2. The molecule has 4 nitrogen and oxygen atoms in total. The van der Waals surface area contributed by atoms with E-state index in [-0.39, 0.29) is 17.2 Å². The fraction of sp³-hybridized carbons (Fsp3) is 1.00. The van der Waals surface area contributed by atoms with E-state index in [1.54, 1.807) is 0 Å². The van der Waals surface area contributed by atoms with E-state index in [9.17, 15) is 8.42 Å². The van der Waals surface area contributed by atoms with Crippen molar-refractivity contribution in [1.82, 2.24) is 10.0 Å². The summed E-state index contributed by atoms with van der Waals surface area (Å²) < 4.78 is 27.4. The molecule has 2 unspecified atom stereocenters. The fourth-order valence-corrected chi connectivity index (χ4v) is 5.00. The van der Waals surface area contributed by atoms with Crippen molar-refractivity contribution >= 4 is 10.0 Å². The minimum Gasteiger partial charge on any atom is -0.314 e. The van der Waals surface area contributed by atoms with Crippen LogP contribution in [0.2, 0.25) is 0 Å². The third-order valence-corrected chi connectivity index (χ3v) is 6.16. The van der Waals surface area contributed by atoms with E-state index in [2.05, 4.69) is 23.9 Å². The lowest BCUT2D eigenvalue weighted by atomic mass is 9.75. The van der Waals surface area contributed by atoms with Gasteiger partial charge in [-0.15, -0.1) is 0 Å². The van der Waals surface area contributed by atoms with E-state index in [1.165, 1.54) is 19.3 Å². The summed E-state index contributed by atoms with van der Waals surface area (Å²) in [5, 5.41) is 3.42. The third kappa shape index (κ3) is 5.34. The molecule has 118 valence electrons. The predicted molar refractivity (Wildman–Crippen MR) is 83.2 cm³/mol. The lowest BCUT2D eigenvalue weighted by molar-refractivity contribution is 0.212. The minimum atomic E-state index is -3.12. The monoisotopic (exact) mass is 302 g/mol. The molecule has 2 rings (SSSR count). The van der Waals surface area contributed by atoms with Gasteiger partial charge in [-0.1, -0.05) is 26.7 Å². The first-order valence-electron chi connectivity index (χ1n) is 8.10. The van der Waals surface area contributed by atoms with Gasteiger partial charge in [-0.05, 0) is 50.5 Å². The lowest BCUT2D eigenvalue weighted by Gasteiger charge is -2.35. The Kier molecular flexibility index (Phi) is 5.49. The van der Waals surface area contributed by atoms with Crippen LogP contribution < -0.4 is 10.0 Å². The summed E-state index contributed by atoms with van der Waals surface area (Å²) in [7, 11) is -3.12. The van der Waals surface area contributed by atoms with Crippen molar-refractivity contribution in [3.8, 4) is 0 Å². The maximum Gasteiger partial charge on any atom is 0.211 e. The van der Waals surface area contributed by atoms with Crippen molar-refractivity contribution < 1.29 is 8.42 Å². The second-order valence-electron chi connectivity index (χ2n) is 7.33. The van der Waals surface area contributed by atoms with Crippen LogP contribution in [0.5, 0.6) is 0 Å². The Bertz CT molecular complexity index is 400. The van der Waals surface area contributed by atoms with Crippen LogP contribution >= 0.6 is 0 Å². The van der Waals surface area contributed by atoms with Gasteiger partial charge in [0.05, 0.1) is 5.75 Å². The van der Waals surface area contributed by atoms with Crippen molar-refractivity contribution in [1.29, 1.82) is 0 Å². The molecule has 1 aliphatic carbocycles. The SMILES string of the molecule is CC1(C)CCCC(NS(=O)(=O)CCC2CCCCN2)C1. The van der Waals surface area contributed by atoms with E-state index in [1.807, 2.05) is 0 Å². The number of piperidine rings is 1. The van der Waals surface area contributed by atoms with Gasteiger partial charge in [0.2, 0.25) is 10.0 Å². The van der Waals surface area contributed by atoms with Crippen LogP contribution in [0.4, 0.5) is 0 Å². The number of hydrogen-bond acceptors (Lipinski definition) is 3. The molecule has 2 fully saturated rings. The second kappa shape index (κ2) is 6.75. The first-order chi connectivity index (χ1) is 9.36. The smallest absolute Gasteiger partial charge is 0.211 e. The quantitative estimate of drug-likeness (QED) is 0.820. The van der Waals surface area contributed by atoms with E-state index >= 15 is 0 Å². The zero-order valence-electron chi connectivity index (χ0n) is 13.0. The average Bonchev–Trinajstić information content (AvgIpc) is 2.36. The number of sulfonamides is 1. The number of hydrogen-bond donors (Lipinski definition) is 2. The molecule has 2 N–H and O–H groups in total. The van der Waals surface area contributed by atoms with Crippen LogP contribution in [0.3, 0.4) is 0 Å². The average molecular weight is 302 g/mol. The molecular formula is C15H30N2O2S. The highest BCUT2D eigenvalue weighted by atomic mass is 32.2. The molecule has 20 heavy (non-hydrogen) atoms. The van der Waals surface area contributed by atoms with Gasteiger partial charge < -0.3 is 5.32 Å². The Morgan fingerprint density at radius 3 is 2.65 bits per heavy atom. The highest BCUT2D eigenvalue weighted by Crippen LogP contribution is 2.35. The molecule has 0 aromatic carbocycles. The summed E-state index contributed by atoms with van der Waals surface area (Å²) in [6, 6.07) is 0.534. The van der Waals surface area contributed by atoms with E-state index < -0.39 is 10.0 Å². The third-order valence-electron chi connectivity index (χ3n) is 4.70. The molecule has 2 aliphatic rings. The Morgan fingerprint density at radius 2 is 2.00 bits per heavy atom. The van der Waals surface area contributed by atoms with Gasteiger partial charge in [0.25, 0.3) is 0 Å². The predicted octanol–water partition coefficient (Wildman–Crippen LogP) is 2.41. The molecule has 1 aliphatic heterocycles. The molecule has 0 aromatic rings. The van der Waals surface area contributed by atoms with Crippen molar-refractivity contribution in [2.45, 2.75) is 77.3 Å². The van der Waals surface area contributed by atoms with Crippen molar-refractivity contribution in [3.63, 3.8) is 0 Å². The zero-order chi connectivity index (χ0) is 14.6. The summed E-state index contributed by atoms with van der Waals surface area (Å²) in [4.78, 5) is 0. The first-order valence-corrected chi connectivity index (χ1v) is 9.75. The fourth-order valence-electron chi connectivity index (χ4n) is 3.58. The van der Waals surface area contributed by atoms with Gasteiger partial charge in [0.15, 0.2) is 0 Å². The van der Waals surface area contributed by atoms with Crippen molar-refractivity contribution in [2.24, 2.45) is 5.41 Å². The lowest BCUT2D eigenvalue weighted by Crippen LogP contribution is -2.43. The summed E-state index contributed by atoms with van der Waals surface area (Å²) >= 11 is 0. The van der Waals surface area contributed by atoms with Crippen LogP contribution in [0.15, 0.2) is 0 Å². The van der Waals surface area contributed by atoms with Crippen LogP contribution in [0.25, 0.3) is 0 Å². The van der Waals surface area contributed by atoms with Crippen LogP contribution in [0.1, 0.15) is 65.2 Å².